The van der Waals surface area contributed by atoms with Crippen molar-refractivity contribution in [1.82, 2.24) is 4.98 Å². The summed E-state index contributed by atoms with van der Waals surface area (Å²) in [5.41, 5.74) is 6.70. The van der Waals surface area contributed by atoms with E-state index in [9.17, 15) is 9.90 Å². The molecule has 0 fully saturated rings. The Morgan fingerprint density at radius 1 is 1.56 bits per heavy atom. The van der Waals surface area contributed by atoms with Crippen LogP contribution in [0, 0.1) is 6.92 Å². The van der Waals surface area contributed by atoms with Crippen LogP contribution in [0.25, 0.3) is 0 Å². The number of nitrogens with zero attached hydrogens (tertiary/aromatic N) is 1. The van der Waals surface area contributed by atoms with Gasteiger partial charge in [0, 0.05) is 18.3 Å². The Balaban J connectivity index is 2.19. The molecular formula is C12H13N3O2S. The molecule has 2 aromatic rings. The maximum atomic E-state index is 12.0. The molecule has 1 heterocycles. The first-order valence-corrected chi connectivity index (χ1v) is 6.18. The second-order valence-corrected chi connectivity index (χ2v) is 4.81. The molecule has 1 aromatic heterocycles. The van der Waals surface area contributed by atoms with Crippen molar-refractivity contribution >= 4 is 22.9 Å². The van der Waals surface area contributed by atoms with Crippen molar-refractivity contribution in [3.63, 3.8) is 0 Å². The molecule has 0 unspecified atom stereocenters. The first-order valence-electron chi connectivity index (χ1n) is 5.37. The Morgan fingerprint density at radius 3 is 2.94 bits per heavy atom. The number of nitrogens with two attached hydrogens (primary N) is 1. The summed E-state index contributed by atoms with van der Waals surface area (Å²) in [4.78, 5) is 16.7. The van der Waals surface area contributed by atoms with E-state index in [4.69, 9.17) is 5.73 Å². The zero-order valence-corrected chi connectivity index (χ0v) is 10.6. The van der Waals surface area contributed by atoms with Gasteiger partial charge in [-0.2, -0.15) is 0 Å². The third-order valence-electron chi connectivity index (χ3n) is 2.33. The molecule has 2 rings (SSSR count). The molecule has 0 saturated heterocycles. The lowest BCUT2D eigenvalue weighted by Gasteiger charge is -2.04. The summed E-state index contributed by atoms with van der Waals surface area (Å²) >= 11 is 1.28. The van der Waals surface area contributed by atoms with Crippen molar-refractivity contribution in [3.05, 3.63) is 39.8 Å². The summed E-state index contributed by atoms with van der Waals surface area (Å²) in [6.07, 6.45) is 0. The summed E-state index contributed by atoms with van der Waals surface area (Å²) in [7, 11) is 0. The van der Waals surface area contributed by atoms with Crippen molar-refractivity contribution in [2.45, 2.75) is 13.5 Å². The molecule has 0 bridgehead atoms. The zero-order valence-electron chi connectivity index (χ0n) is 9.80. The number of benzene rings is 1. The van der Waals surface area contributed by atoms with Crippen LogP contribution in [-0.2, 0) is 6.54 Å². The Labute approximate surface area is 108 Å². The smallest absolute Gasteiger partial charge is 0.267 e. The van der Waals surface area contributed by atoms with Gasteiger partial charge in [0.25, 0.3) is 5.91 Å². The largest absolute Gasteiger partial charge is 0.508 e. The molecule has 0 saturated carbocycles. The van der Waals surface area contributed by atoms with Crippen LogP contribution in [0.1, 0.15) is 20.4 Å². The van der Waals surface area contributed by atoms with Gasteiger partial charge in [0.15, 0.2) is 0 Å². The van der Waals surface area contributed by atoms with Crippen LogP contribution in [0.4, 0.5) is 5.69 Å². The molecule has 0 aliphatic heterocycles. The summed E-state index contributed by atoms with van der Waals surface area (Å²) in [5.74, 6) is -0.133. The number of aryl methyl sites for hydroxylation is 1. The van der Waals surface area contributed by atoms with E-state index in [-0.39, 0.29) is 11.7 Å². The molecule has 0 aliphatic rings. The van der Waals surface area contributed by atoms with Crippen LogP contribution >= 0.6 is 11.3 Å². The van der Waals surface area contributed by atoms with E-state index in [0.29, 0.717) is 22.8 Å². The number of thiazole rings is 1. The highest BCUT2D eigenvalue weighted by molar-refractivity contribution is 7.13. The number of aromatic hydroxyl groups is 1. The average Bonchev–Trinajstić information content (AvgIpc) is 2.70. The monoisotopic (exact) mass is 263 g/mol. The first-order chi connectivity index (χ1) is 8.60. The number of rotatable bonds is 3. The number of carbonyl (C=O) groups is 1. The number of phenols is 1. The lowest BCUT2D eigenvalue weighted by molar-refractivity contribution is 0.103. The predicted octanol–water partition coefficient (Wildman–Crippen LogP) is 1.87. The van der Waals surface area contributed by atoms with Crippen molar-refractivity contribution in [2.75, 3.05) is 5.32 Å². The Kier molecular flexibility index (Phi) is 3.59. The van der Waals surface area contributed by atoms with Gasteiger partial charge in [-0.05, 0) is 19.1 Å². The number of amides is 1. The molecule has 4 N–H and O–H groups in total. The molecule has 94 valence electrons. The number of hydrogen-bond acceptors (Lipinski definition) is 5. The number of carbonyl (C=O) groups excluding carboxylic acids is 1. The number of phenolic OH excluding ortho intramolecular Hbond substituents is 1. The summed E-state index contributed by atoms with van der Waals surface area (Å²) in [6, 6.07) is 6.39. The zero-order chi connectivity index (χ0) is 13.1. The Hall–Kier alpha value is -1.92. The number of nitrogens with one attached hydrogen (secondary N) is 1. The van der Waals surface area contributed by atoms with Crippen LogP contribution in [0.5, 0.6) is 5.75 Å². The van der Waals surface area contributed by atoms with Gasteiger partial charge >= 0.3 is 0 Å². The summed E-state index contributed by atoms with van der Waals surface area (Å²) in [5, 5.41) is 12.8. The van der Waals surface area contributed by atoms with E-state index in [1.54, 1.807) is 25.1 Å². The predicted molar refractivity (Wildman–Crippen MR) is 70.8 cm³/mol. The van der Waals surface area contributed by atoms with Crippen LogP contribution in [0.15, 0.2) is 24.3 Å². The normalized spacial score (nSPS) is 10.3. The number of aromatic nitrogens is 1. The van der Waals surface area contributed by atoms with Crippen molar-refractivity contribution in [2.24, 2.45) is 5.73 Å². The van der Waals surface area contributed by atoms with E-state index < -0.39 is 0 Å². The maximum Gasteiger partial charge on any atom is 0.267 e. The highest BCUT2D eigenvalue weighted by Gasteiger charge is 2.14. The van der Waals surface area contributed by atoms with E-state index >= 15 is 0 Å². The molecule has 1 amide bonds. The molecule has 5 nitrogen and oxygen atoms in total. The number of anilines is 1. The third kappa shape index (κ3) is 2.66. The second kappa shape index (κ2) is 5.16. The van der Waals surface area contributed by atoms with Gasteiger partial charge in [-0.1, -0.05) is 6.07 Å². The Bertz CT molecular complexity index is 580. The molecular weight excluding hydrogens is 250 g/mol. The quantitative estimate of drug-likeness (QED) is 0.788. The standard InChI is InChI=1S/C12H13N3O2S/c1-7-11(18-10(6-13)14-7)12(17)15-8-3-2-4-9(16)5-8/h2-5,16H,6,13H2,1H3,(H,15,17). The topological polar surface area (TPSA) is 88.2 Å². The van der Waals surface area contributed by atoms with Gasteiger partial charge in [0.1, 0.15) is 15.6 Å². The number of hydrogen-bond donors (Lipinski definition) is 3. The summed E-state index contributed by atoms with van der Waals surface area (Å²) in [6.45, 7) is 2.10. The molecule has 6 heteroatoms. The van der Waals surface area contributed by atoms with Gasteiger partial charge in [-0.25, -0.2) is 4.98 Å². The van der Waals surface area contributed by atoms with Crippen LogP contribution in [0.2, 0.25) is 0 Å². The minimum Gasteiger partial charge on any atom is -0.508 e. The van der Waals surface area contributed by atoms with Crippen molar-refractivity contribution < 1.29 is 9.90 Å². The van der Waals surface area contributed by atoms with Crippen LogP contribution in [-0.4, -0.2) is 16.0 Å². The highest BCUT2D eigenvalue weighted by Crippen LogP contribution is 2.21. The fraction of sp³-hybridized carbons (Fsp3) is 0.167. The molecule has 18 heavy (non-hydrogen) atoms. The maximum absolute atomic E-state index is 12.0. The second-order valence-electron chi connectivity index (χ2n) is 3.73. The van der Waals surface area contributed by atoms with E-state index in [0.717, 1.165) is 5.01 Å². The van der Waals surface area contributed by atoms with Gasteiger partial charge in [0.2, 0.25) is 0 Å². The highest BCUT2D eigenvalue weighted by atomic mass is 32.1. The Morgan fingerprint density at radius 2 is 2.33 bits per heavy atom. The molecule has 1 aromatic carbocycles. The van der Waals surface area contributed by atoms with E-state index in [1.807, 2.05) is 0 Å². The SMILES string of the molecule is Cc1nc(CN)sc1C(=O)Nc1cccc(O)c1. The van der Waals surface area contributed by atoms with Crippen molar-refractivity contribution in [1.29, 1.82) is 0 Å². The minimum absolute atomic E-state index is 0.108. The van der Waals surface area contributed by atoms with Crippen LogP contribution < -0.4 is 11.1 Å². The van der Waals surface area contributed by atoms with E-state index in [1.165, 1.54) is 17.4 Å². The fourth-order valence-corrected chi connectivity index (χ4v) is 2.36. The van der Waals surface area contributed by atoms with Gasteiger partial charge < -0.3 is 16.2 Å². The first kappa shape index (κ1) is 12.5. The van der Waals surface area contributed by atoms with E-state index in [2.05, 4.69) is 10.3 Å². The molecule has 0 aliphatic carbocycles. The third-order valence-corrected chi connectivity index (χ3v) is 3.50. The lowest BCUT2D eigenvalue weighted by Crippen LogP contribution is -2.11. The average molecular weight is 263 g/mol. The molecule has 0 spiro atoms. The minimum atomic E-state index is -0.240. The lowest BCUT2D eigenvalue weighted by atomic mass is 10.3. The van der Waals surface area contributed by atoms with Gasteiger partial charge in [0.05, 0.1) is 5.69 Å². The van der Waals surface area contributed by atoms with Crippen molar-refractivity contribution in [3.8, 4) is 5.75 Å². The van der Waals surface area contributed by atoms with Crippen LogP contribution in [0.3, 0.4) is 0 Å². The van der Waals surface area contributed by atoms with Gasteiger partial charge in [-0.15, -0.1) is 11.3 Å². The molecule has 0 radical (unpaired) electrons. The molecule has 0 atom stereocenters. The van der Waals surface area contributed by atoms with Gasteiger partial charge in [-0.3, -0.25) is 4.79 Å². The summed E-state index contributed by atoms with van der Waals surface area (Å²) < 4.78 is 0. The fourth-order valence-electron chi connectivity index (χ4n) is 1.52.